The summed E-state index contributed by atoms with van der Waals surface area (Å²) in [7, 11) is 0. The van der Waals surface area contributed by atoms with Gasteiger partial charge in [0.1, 0.15) is 11.3 Å². The number of hydrogen-bond donors (Lipinski definition) is 0. The second-order valence-corrected chi connectivity index (χ2v) is 5.88. The summed E-state index contributed by atoms with van der Waals surface area (Å²) in [5.74, 6) is -0.868. The Morgan fingerprint density at radius 2 is 1.80 bits per heavy atom. The lowest BCUT2D eigenvalue weighted by Gasteiger charge is -2.11. The fourth-order valence-electron chi connectivity index (χ4n) is 2.71. The van der Waals surface area contributed by atoms with E-state index in [4.69, 9.17) is 9.15 Å². The van der Waals surface area contributed by atoms with E-state index in [0.717, 1.165) is 5.56 Å². The molecular formula is C20H16O5. The number of ketones is 1. The molecule has 0 N–H and O–H groups in total. The van der Waals surface area contributed by atoms with Crippen LogP contribution in [0, 0.1) is 13.8 Å². The van der Waals surface area contributed by atoms with Gasteiger partial charge < -0.3 is 9.15 Å². The molecule has 0 amide bonds. The number of fused-ring (bicyclic) bond motifs is 1. The first-order valence-electron chi connectivity index (χ1n) is 7.74. The predicted molar refractivity (Wildman–Crippen MR) is 93.4 cm³/mol. The third-order valence-electron chi connectivity index (χ3n) is 3.89. The minimum Gasteiger partial charge on any atom is -0.422 e. The van der Waals surface area contributed by atoms with E-state index in [1.807, 2.05) is 13.0 Å². The van der Waals surface area contributed by atoms with Gasteiger partial charge in [0.05, 0.1) is 5.56 Å². The molecule has 25 heavy (non-hydrogen) atoms. The van der Waals surface area contributed by atoms with Crippen LogP contribution < -0.4 is 10.4 Å². The Kier molecular flexibility index (Phi) is 4.23. The predicted octanol–water partition coefficient (Wildman–Crippen LogP) is 3.83. The van der Waals surface area contributed by atoms with Crippen molar-refractivity contribution in [3.8, 4) is 5.75 Å². The highest BCUT2D eigenvalue weighted by Gasteiger charge is 2.20. The number of carbonyl (C=O) groups excluding carboxylic acids is 2. The van der Waals surface area contributed by atoms with Crippen LogP contribution in [0.3, 0.4) is 0 Å². The maximum absolute atomic E-state index is 12.4. The zero-order valence-electron chi connectivity index (χ0n) is 14.1. The number of Topliss-reactive ketones (excluding diaryl/α,β-unsaturated/α-hetero) is 1. The van der Waals surface area contributed by atoms with Crippen LogP contribution in [0.4, 0.5) is 0 Å². The molecule has 0 radical (unpaired) electrons. The van der Waals surface area contributed by atoms with Crippen molar-refractivity contribution in [3.63, 3.8) is 0 Å². The number of rotatable bonds is 3. The minimum absolute atomic E-state index is 0.0697. The van der Waals surface area contributed by atoms with Crippen molar-refractivity contribution in [2.45, 2.75) is 20.8 Å². The molecule has 0 aliphatic rings. The Bertz CT molecular complexity index is 1060. The summed E-state index contributed by atoms with van der Waals surface area (Å²) in [5, 5.41) is 0.625. The fraction of sp³-hybridized carbons (Fsp3) is 0.150. The molecule has 0 aliphatic carbocycles. The van der Waals surface area contributed by atoms with Crippen molar-refractivity contribution in [2.24, 2.45) is 0 Å². The zero-order chi connectivity index (χ0) is 18.1. The zero-order valence-corrected chi connectivity index (χ0v) is 14.1. The van der Waals surface area contributed by atoms with Gasteiger partial charge in [-0.05, 0) is 50.6 Å². The standard InChI is InChI=1S/C20H16O5/c1-11-5-4-6-14(9-11)20(23)24-16-8-7-15-12(2)10-17(22)25-19(15)18(16)13(3)21/h4-10H,1-3H3. The largest absolute Gasteiger partial charge is 0.422 e. The van der Waals surface area contributed by atoms with E-state index >= 15 is 0 Å². The number of carbonyl (C=O) groups is 2. The van der Waals surface area contributed by atoms with Gasteiger partial charge in [0, 0.05) is 11.5 Å². The van der Waals surface area contributed by atoms with Gasteiger partial charge >= 0.3 is 11.6 Å². The average molecular weight is 336 g/mol. The van der Waals surface area contributed by atoms with E-state index in [0.29, 0.717) is 16.5 Å². The van der Waals surface area contributed by atoms with E-state index in [2.05, 4.69) is 0 Å². The molecule has 0 fully saturated rings. The summed E-state index contributed by atoms with van der Waals surface area (Å²) in [6, 6.07) is 11.5. The summed E-state index contributed by atoms with van der Waals surface area (Å²) in [6.45, 7) is 4.95. The van der Waals surface area contributed by atoms with Crippen molar-refractivity contribution in [3.05, 3.63) is 75.1 Å². The molecule has 3 aromatic rings. The average Bonchev–Trinajstić information content (AvgIpc) is 2.53. The molecule has 0 atom stereocenters. The molecule has 1 heterocycles. The normalized spacial score (nSPS) is 10.7. The van der Waals surface area contributed by atoms with Crippen LogP contribution in [-0.2, 0) is 0 Å². The van der Waals surface area contributed by atoms with E-state index in [9.17, 15) is 14.4 Å². The molecule has 2 aromatic carbocycles. The monoisotopic (exact) mass is 336 g/mol. The highest BCUT2D eigenvalue weighted by molar-refractivity contribution is 6.08. The Labute approximate surface area is 143 Å². The van der Waals surface area contributed by atoms with Gasteiger partial charge in [0.15, 0.2) is 11.4 Å². The molecule has 3 rings (SSSR count). The van der Waals surface area contributed by atoms with Crippen molar-refractivity contribution in [2.75, 3.05) is 0 Å². The van der Waals surface area contributed by atoms with Crippen LogP contribution in [-0.4, -0.2) is 11.8 Å². The van der Waals surface area contributed by atoms with Gasteiger partial charge in [-0.25, -0.2) is 9.59 Å². The van der Waals surface area contributed by atoms with Gasteiger partial charge in [-0.2, -0.15) is 0 Å². The van der Waals surface area contributed by atoms with Gasteiger partial charge in [0.2, 0.25) is 0 Å². The fourth-order valence-corrected chi connectivity index (χ4v) is 2.71. The molecule has 5 heteroatoms. The Morgan fingerprint density at radius 3 is 2.48 bits per heavy atom. The molecule has 5 nitrogen and oxygen atoms in total. The third-order valence-corrected chi connectivity index (χ3v) is 3.89. The molecular weight excluding hydrogens is 320 g/mol. The summed E-state index contributed by atoms with van der Waals surface area (Å²) >= 11 is 0. The second-order valence-electron chi connectivity index (χ2n) is 5.88. The first kappa shape index (κ1) is 16.6. The van der Waals surface area contributed by atoms with Crippen LogP contribution in [0.15, 0.2) is 51.7 Å². The Balaban J connectivity index is 2.13. The van der Waals surface area contributed by atoms with Crippen LogP contribution in [0.2, 0.25) is 0 Å². The highest BCUT2D eigenvalue weighted by Crippen LogP contribution is 2.30. The summed E-state index contributed by atoms with van der Waals surface area (Å²) in [4.78, 5) is 36.2. The van der Waals surface area contributed by atoms with Crippen LogP contribution >= 0.6 is 0 Å². The van der Waals surface area contributed by atoms with E-state index in [-0.39, 0.29) is 22.7 Å². The molecule has 0 spiro atoms. The maximum Gasteiger partial charge on any atom is 0.343 e. The van der Waals surface area contributed by atoms with Gasteiger partial charge in [-0.15, -0.1) is 0 Å². The molecule has 0 bridgehead atoms. The Hall–Kier alpha value is -3.21. The quantitative estimate of drug-likeness (QED) is 0.314. The number of benzene rings is 2. The molecule has 0 saturated heterocycles. The SMILES string of the molecule is CC(=O)c1c(OC(=O)c2cccc(C)c2)ccc2c(C)cc(=O)oc12. The second kappa shape index (κ2) is 6.36. The molecule has 1 aromatic heterocycles. The lowest BCUT2D eigenvalue weighted by atomic mass is 10.0. The van der Waals surface area contributed by atoms with E-state index < -0.39 is 11.6 Å². The van der Waals surface area contributed by atoms with Gasteiger partial charge in [-0.1, -0.05) is 17.7 Å². The van der Waals surface area contributed by atoms with Gasteiger partial charge in [0.25, 0.3) is 0 Å². The summed E-state index contributed by atoms with van der Waals surface area (Å²) < 4.78 is 10.6. The third kappa shape index (κ3) is 3.21. The van der Waals surface area contributed by atoms with E-state index in [1.165, 1.54) is 13.0 Å². The van der Waals surface area contributed by atoms with Crippen LogP contribution in [0.5, 0.6) is 5.75 Å². The number of hydrogen-bond acceptors (Lipinski definition) is 5. The van der Waals surface area contributed by atoms with E-state index in [1.54, 1.807) is 37.3 Å². The molecule has 126 valence electrons. The first-order chi connectivity index (χ1) is 11.9. The highest BCUT2D eigenvalue weighted by atomic mass is 16.5. The summed E-state index contributed by atoms with van der Waals surface area (Å²) in [5.41, 5.74) is 1.63. The first-order valence-corrected chi connectivity index (χ1v) is 7.74. The molecule has 0 saturated carbocycles. The lowest BCUT2D eigenvalue weighted by Crippen LogP contribution is -2.12. The van der Waals surface area contributed by atoms with Crippen LogP contribution in [0.1, 0.15) is 38.8 Å². The lowest BCUT2D eigenvalue weighted by molar-refractivity contribution is 0.0733. The van der Waals surface area contributed by atoms with Crippen molar-refractivity contribution < 1.29 is 18.7 Å². The topological polar surface area (TPSA) is 73.6 Å². The van der Waals surface area contributed by atoms with Crippen molar-refractivity contribution in [1.82, 2.24) is 0 Å². The van der Waals surface area contributed by atoms with Crippen molar-refractivity contribution >= 4 is 22.7 Å². The smallest absolute Gasteiger partial charge is 0.343 e. The number of aryl methyl sites for hydroxylation is 2. The Morgan fingerprint density at radius 1 is 1.04 bits per heavy atom. The maximum atomic E-state index is 12.4. The van der Waals surface area contributed by atoms with Gasteiger partial charge in [-0.3, -0.25) is 4.79 Å². The summed E-state index contributed by atoms with van der Waals surface area (Å²) in [6.07, 6.45) is 0. The number of esters is 1. The molecule has 0 aliphatic heterocycles. The number of ether oxygens (including phenoxy) is 1. The van der Waals surface area contributed by atoms with Crippen molar-refractivity contribution in [1.29, 1.82) is 0 Å². The molecule has 0 unspecified atom stereocenters. The minimum atomic E-state index is -0.583. The van der Waals surface area contributed by atoms with Crippen LogP contribution in [0.25, 0.3) is 11.0 Å².